The number of aromatic nitrogens is 2. The van der Waals surface area contributed by atoms with Crippen molar-refractivity contribution in [1.82, 2.24) is 14.9 Å². The first-order chi connectivity index (χ1) is 13.3. The summed E-state index contributed by atoms with van der Waals surface area (Å²) < 4.78 is 55.6. The average molecular weight is 393 g/mol. The Morgan fingerprint density at radius 2 is 1.75 bits per heavy atom. The van der Waals surface area contributed by atoms with Crippen LogP contribution in [0.25, 0.3) is 5.69 Å². The summed E-state index contributed by atoms with van der Waals surface area (Å²) in [6.07, 6.45) is -1.58. The number of nitrogens with zero attached hydrogens (tertiary/aromatic N) is 2. The van der Waals surface area contributed by atoms with Crippen molar-refractivity contribution in [2.75, 3.05) is 6.61 Å². The van der Waals surface area contributed by atoms with Gasteiger partial charge in [-0.05, 0) is 42.0 Å². The number of alkyl halides is 3. The Labute approximate surface area is 157 Å². The third-order valence-corrected chi connectivity index (χ3v) is 3.75. The smallest absolute Gasteiger partial charge is 0.422 e. The van der Waals surface area contributed by atoms with Gasteiger partial charge in [-0.3, -0.25) is 9.36 Å². The van der Waals surface area contributed by atoms with Crippen molar-refractivity contribution in [3.8, 4) is 11.4 Å². The second-order valence-corrected chi connectivity index (χ2v) is 5.86. The fourth-order valence-corrected chi connectivity index (χ4v) is 2.41. The predicted octanol–water partition coefficient (Wildman–Crippen LogP) is 3.88. The van der Waals surface area contributed by atoms with Crippen LogP contribution < -0.4 is 10.1 Å². The van der Waals surface area contributed by atoms with E-state index in [1.54, 1.807) is 12.1 Å². The number of halogens is 4. The van der Waals surface area contributed by atoms with Crippen LogP contribution in [0.3, 0.4) is 0 Å². The molecule has 1 aromatic heterocycles. The van der Waals surface area contributed by atoms with E-state index in [0.717, 1.165) is 0 Å². The van der Waals surface area contributed by atoms with Crippen LogP contribution in [0, 0.1) is 5.82 Å². The van der Waals surface area contributed by atoms with Gasteiger partial charge in [-0.1, -0.05) is 12.1 Å². The molecule has 3 aromatic rings. The van der Waals surface area contributed by atoms with Crippen molar-refractivity contribution in [3.05, 3.63) is 78.1 Å². The van der Waals surface area contributed by atoms with Gasteiger partial charge in [0.1, 0.15) is 17.3 Å². The zero-order chi connectivity index (χ0) is 20.1. The fraction of sp³-hybridized carbons (Fsp3) is 0.158. The molecule has 0 saturated heterocycles. The summed E-state index contributed by atoms with van der Waals surface area (Å²) in [5.41, 5.74) is 1.52. The van der Waals surface area contributed by atoms with Crippen LogP contribution in [-0.4, -0.2) is 28.2 Å². The molecule has 5 nitrogen and oxygen atoms in total. The maximum Gasteiger partial charge on any atom is 0.422 e. The number of amides is 1. The summed E-state index contributed by atoms with van der Waals surface area (Å²) in [5, 5.41) is 2.70. The zero-order valence-electron chi connectivity index (χ0n) is 14.4. The van der Waals surface area contributed by atoms with Crippen molar-refractivity contribution >= 4 is 5.91 Å². The number of hydrogen-bond acceptors (Lipinski definition) is 3. The first-order valence-electron chi connectivity index (χ1n) is 8.17. The molecular formula is C19H15F4N3O2. The Kier molecular flexibility index (Phi) is 5.62. The van der Waals surface area contributed by atoms with Crippen LogP contribution in [0.15, 0.2) is 61.1 Å². The van der Waals surface area contributed by atoms with E-state index in [1.807, 2.05) is 0 Å². The van der Waals surface area contributed by atoms with Crippen LogP contribution in [0.2, 0.25) is 0 Å². The van der Waals surface area contributed by atoms with Crippen LogP contribution >= 0.6 is 0 Å². The summed E-state index contributed by atoms with van der Waals surface area (Å²) >= 11 is 0. The largest absolute Gasteiger partial charge is 0.484 e. The Balaban J connectivity index is 1.60. The molecule has 0 fully saturated rings. The molecule has 1 N–H and O–H groups in total. The minimum atomic E-state index is -4.40. The Morgan fingerprint density at radius 3 is 2.39 bits per heavy atom. The van der Waals surface area contributed by atoms with Gasteiger partial charge in [-0.25, -0.2) is 9.37 Å². The van der Waals surface area contributed by atoms with Gasteiger partial charge in [0.25, 0.3) is 5.91 Å². The van der Waals surface area contributed by atoms with E-state index < -0.39 is 24.5 Å². The summed E-state index contributed by atoms with van der Waals surface area (Å²) in [7, 11) is 0. The molecule has 1 heterocycles. The van der Waals surface area contributed by atoms with Gasteiger partial charge in [0.15, 0.2) is 6.61 Å². The average Bonchev–Trinajstić information content (AvgIpc) is 3.15. The topological polar surface area (TPSA) is 56.1 Å². The molecule has 1 amide bonds. The molecule has 0 spiro atoms. The second-order valence-electron chi connectivity index (χ2n) is 5.86. The highest BCUT2D eigenvalue weighted by atomic mass is 19.4. The van der Waals surface area contributed by atoms with E-state index in [1.165, 1.54) is 53.5 Å². The van der Waals surface area contributed by atoms with E-state index in [2.05, 4.69) is 15.0 Å². The van der Waals surface area contributed by atoms with Crippen molar-refractivity contribution in [2.45, 2.75) is 12.7 Å². The molecule has 3 rings (SSSR count). The summed E-state index contributed by atoms with van der Waals surface area (Å²) in [5.74, 6) is -0.710. The fourth-order valence-electron chi connectivity index (χ4n) is 2.41. The number of carbonyl (C=O) groups is 1. The Hall–Kier alpha value is -3.36. The number of ether oxygens (including phenoxy) is 1. The Morgan fingerprint density at radius 1 is 1.07 bits per heavy atom. The van der Waals surface area contributed by atoms with Crippen molar-refractivity contribution in [1.29, 1.82) is 0 Å². The third kappa shape index (κ3) is 5.09. The molecule has 9 heteroatoms. The van der Waals surface area contributed by atoms with Gasteiger partial charge in [-0.2, -0.15) is 13.2 Å². The molecule has 0 atom stereocenters. The number of carbonyl (C=O) groups excluding carboxylic acids is 1. The third-order valence-electron chi connectivity index (χ3n) is 3.75. The summed E-state index contributed by atoms with van der Waals surface area (Å²) in [6.45, 7) is -1.20. The molecule has 146 valence electrons. The monoisotopic (exact) mass is 393 g/mol. The van der Waals surface area contributed by atoms with Crippen molar-refractivity contribution < 1.29 is 27.1 Å². The van der Waals surface area contributed by atoms with E-state index in [4.69, 9.17) is 0 Å². The lowest BCUT2D eigenvalue weighted by atomic mass is 10.2. The Bertz CT molecular complexity index is 935. The zero-order valence-corrected chi connectivity index (χ0v) is 14.4. The van der Waals surface area contributed by atoms with Gasteiger partial charge < -0.3 is 10.1 Å². The van der Waals surface area contributed by atoms with Crippen LogP contribution in [0.4, 0.5) is 17.6 Å². The standard InChI is InChI=1S/C19H15F4N3O2/c20-14-3-5-15(6-4-14)26-12-24-10-17(26)18(27)25-9-13-1-7-16(8-2-13)28-11-19(21,22)23/h1-8,10,12H,9,11H2,(H,25,27). The van der Waals surface area contributed by atoms with Crippen molar-refractivity contribution in [3.63, 3.8) is 0 Å². The molecule has 0 aliphatic carbocycles. The first kappa shape index (κ1) is 19.4. The molecular weight excluding hydrogens is 378 g/mol. The maximum atomic E-state index is 13.1. The van der Waals surface area contributed by atoms with Gasteiger partial charge in [0.05, 0.1) is 12.5 Å². The van der Waals surface area contributed by atoms with E-state index in [0.29, 0.717) is 11.3 Å². The number of rotatable bonds is 6. The highest BCUT2D eigenvalue weighted by Crippen LogP contribution is 2.19. The molecule has 0 unspecified atom stereocenters. The van der Waals surface area contributed by atoms with Gasteiger partial charge in [-0.15, -0.1) is 0 Å². The summed E-state index contributed by atoms with van der Waals surface area (Å²) in [6, 6.07) is 11.5. The van der Waals surface area contributed by atoms with Gasteiger partial charge in [0, 0.05) is 12.2 Å². The SMILES string of the molecule is O=C(NCc1ccc(OCC(F)(F)F)cc1)c1cncn1-c1ccc(F)cc1. The number of nitrogens with one attached hydrogen (secondary N) is 1. The predicted molar refractivity (Wildman–Crippen MR) is 92.7 cm³/mol. The highest BCUT2D eigenvalue weighted by molar-refractivity contribution is 5.92. The van der Waals surface area contributed by atoms with E-state index >= 15 is 0 Å². The quantitative estimate of drug-likeness (QED) is 0.647. The van der Waals surface area contributed by atoms with Gasteiger partial charge in [0.2, 0.25) is 0 Å². The minimum absolute atomic E-state index is 0.0850. The van der Waals surface area contributed by atoms with Crippen LogP contribution in [0.1, 0.15) is 16.1 Å². The van der Waals surface area contributed by atoms with Gasteiger partial charge >= 0.3 is 6.18 Å². The lowest BCUT2D eigenvalue weighted by molar-refractivity contribution is -0.153. The molecule has 0 saturated carbocycles. The van der Waals surface area contributed by atoms with E-state index in [9.17, 15) is 22.4 Å². The number of benzene rings is 2. The lowest BCUT2D eigenvalue weighted by Crippen LogP contribution is -2.25. The summed E-state index contributed by atoms with van der Waals surface area (Å²) in [4.78, 5) is 16.4. The van der Waals surface area contributed by atoms with Crippen LogP contribution in [-0.2, 0) is 6.54 Å². The molecule has 0 bridgehead atoms. The minimum Gasteiger partial charge on any atom is -0.484 e. The molecule has 2 aromatic carbocycles. The molecule has 0 radical (unpaired) electrons. The maximum absolute atomic E-state index is 13.1. The lowest BCUT2D eigenvalue weighted by Gasteiger charge is -2.11. The second kappa shape index (κ2) is 8.12. The van der Waals surface area contributed by atoms with Crippen molar-refractivity contribution in [2.24, 2.45) is 0 Å². The normalized spacial score (nSPS) is 11.3. The molecule has 28 heavy (non-hydrogen) atoms. The number of hydrogen-bond donors (Lipinski definition) is 1. The first-order valence-corrected chi connectivity index (χ1v) is 8.17. The highest BCUT2D eigenvalue weighted by Gasteiger charge is 2.28. The van der Waals surface area contributed by atoms with E-state index in [-0.39, 0.29) is 18.0 Å². The number of imidazole rings is 1. The van der Waals surface area contributed by atoms with Crippen LogP contribution in [0.5, 0.6) is 5.75 Å². The molecule has 0 aliphatic heterocycles. The molecule has 0 aliphatic rings.